The van der Waals surface area contributed by atoms with Crippen LogP contribution in [0.4, 0.5) is 0 Å². The van der Waals surface area contributed by atoms with Gasteiger partial charge in [0.1, 0.15) is 6.61 Å². The first-order valence-corrected chi connectivity index (χ1v) is 30.5. The minimum atomic E-state index is -0.576. The fourth-order valence-corrected chi connectivity index (χ4v) is 8.77. The third-order valence-electron chi connectivity index (χ3n) is 13.3. The zero-order valence-electron chi connectivity index (χ0n) is 46.8. The predicted molar refractivity (Wildman–Crippen MR) is 307 cm³/mol. The quantitative estimate of drug-likeness (QED) is 0.0345. The van der Waals surface area contributed by atoms with Gasteiger partial charge in [-0.05, 0) is 57.8 Å². The fourth-order valence-electron chi connectivity index (χ4n) is 8.77. The standard InChI is InChI=1S/C65H116O5/c1-4-7-10-13-16-19-22-25-28-31-33-35-37-40-43-46-49-52-55-58-64(66)69-62-63(61-68-60-57-54-51-48-45-42-39-30-27-24-21-18-15-12-9-6-3)70-65(67)59-56-53-50-47-44-41-38-36-34-32-29-26-23-20-17-14-11-8-5-2/h8,11,17,20,26,29,34,36,41,44,50,53,63H,4-7,9-10,12-16,18-19,21-25,27-28,30-33,35,37-40,42-43,45-49,51-52,54-62H2,1-3H3/b11-8-,20-17-,29-26-,36-34-,44-41-,53-50-/t63-/m1/s1. The van der Waals surface area contributed by atoms with Gasteiger partial charge in [-0.15, -0.1) is 0 Å². The van der Waals surface area contributed by atoms with Crippen molar-refractivity contribution in [1.82, 2.24) is 0 Å². The summed E-state index contributed by atoms with van der Waals surface area (Å²) in [6.45, 7) is 7.69. The normalized spacial score (nSPS) is 12.7. The van der Waals surface area contributed by atoms with Crippen molar-refractivity contribution in [2.45, 2.75) is 309 Å². The van der Waals surface area contributed by atoms with Gasteiger partial charge in [-0.3, -0.25) is 9.59 Å². The average molecular weight is 978 g/mol. The Hall–Kier alpha value is -2.66. The number of unbranched alkanes of at least 4 members (excludes halogenated alkanes) is 33. The summed E-state index contributed by atoms with van der Waals surface area (Å²) in [4.78, 5) is 25.5. The largest absolute Gasteiger partial charge is 0.462 e. The van der Waals surface area contributed by atoms with Crippen molar-refractivity contribution in [2.75, 3.05) is 19.8 Å². The van der Waals surface area contributed by atoms with E-state index in [2.05, 4.69) is 87.6 Å². The molecule has 0 fully saturated rings. The molecule has 0 saturated carbocycles. The van der Waals surface area contributed by atoms with Crippen LogP contribution in [0.1, 0.15) is 303 Å². The summed E-state index contributed by atoms with van der Waals surface area (Å²) in [6, 6.07) is 0. The van der Waals surface area contributed by atoms with Gasteiger partial charge < -0.3 is 14.2 Å². The van der Waals surface area contributed by atoms with Gasteiger partial charge in [0.15, 0.2) is 6.10 Å². The molecule has 70 heavy (non-hydrogen) atoms. The number of esters is 2. The van der Waals surface area contributed by atoms with Gasteiger partial charge in [0.2, 0.25) is 0 Å². The highest BCUT2D eigenvalue weighted by Gasteiger charge is 2.17. The summed E-state index contributed by atoms with van der Waals surface area (Å²) in [6.07, 6.45) is 79.5. The maximum absolute atomic E-state index is 12.8. The zero-order chi connectivity index (χ0) is 50.6. The molecule has 5 heteroatoms. The third-order valence-corrected chi connectivity index (χ3v) is 13.3. The molecule has 5 nitrogen and oxygen atoms in total. The van der Waals surface area contributed by atoms with Crippen LogP contribution in [-0.2, 0) is 23.8 Å². The Labute approximate surface area is 436 Å². The highest BCUT2D eigenvalue weighted by Crippen LogP contribution is 2.17. The summed E-state index contributed by atoms with van der Waals surface area (Å²) in [5, 5.41) is 0. The monoisotopic (exact) mass is 977 g/mol. The second-order valence-corrected chi connectivity index (χ2v) is 20.2. The lowest BCUT2D eigenvalue weighted by Crippen LogP contribution is -2.30. The van der Waals surface area contributed by atoms with Crippen molar-refractivity contribution >= 4 is 11.9 Å². The van der Waals surface area contributed by atoms with Crippen molar-refractivity contribution in [3.63, 3.8) is 0 Å². The highest BCUT2D eigenvalue weighted by molar-refractivity contribution is 5.70. The smallest absolute Gasteiger partial charge is 0.306 e. The van der Waals surface area contributed by atoms with Gasteiger partial charge in [-0.2, -0.15) is 0 Å². The lowest BCUT2D eigenvalue weighted by molar-refractivity contribution is -0.162. The molecule has 0 heterocycles. The van der Waals surface area contributed by atoms with Crippen molar-refractivity contribution in [1.29, 1.82) is 0 Å². The maximum Gasteiger partial charge on any atom is 0.306 e. The number of allylic oxidation sites excluding steroid dienone is 12. The van der Waals surface area contributed by atoms with E-state index < -0.39 is 6.10 Å². The molecule has 0 aromatic carbocycles. The van der Waals surface area contributed by atoms with E-state index in [1.807, 2.05) is 6.08 Å². The first-order chi connectivity index (χ1) is 34.6. The molecule has 0 rings (SSSR count). The average Bonchev–Trinajstić information content (AvgIpc) is 3.36. The Bertz CT molecular complexity index is 1240. The lowest BCUT2D eigenvalue weighted by Gasteiger charge is -2.18. The summed E-state index contributed by atoms with van der Waals surface area (Å²) in [5.41, 5.74) is 0. The molecule has 0 aliphatic rings. The zero-order valence-corrected chi connectivity index (χ0v) is 46.8. The van der Waals surface area contributed by atoms with Gasteiger partial charge in [0, 0.05) is 19.4 Å². The Kier molecular flexibility index (Phi) is 58.3. The molecule has 406 valence electrons. The second-order valence-electron chi connectivity index (χ2n) is 20.2. The second kappa shape index (κ2) is 60.6. The predicted octanol–water partition coefficient (Wildman–Crippen LogP) is 21.0. The van der Waals surface area contributed by atoms with Crippen molar-refractivity contribution in [2.24, 2.45) is 0 Å². The number of hydrogen-bond acceptors (Lipinski definition) is 5. The van der Waals surface area contributed by atoms with Crippen LogP contribution in [0.5, 0.6) is 0 Å². The van der Waals surface area contributed by atoms with Crippen LogP contribution in [0.25, 0.3) is 0 Å². The first kappa shape index (κ1) is 67.3. The molecule has 0 aromatic heterocycles. The van der Waals surface area contributed by atoms with Crippen LogP contribution in [0.3, 0.4) is 0 Å². The number of ether oxygens (including phenoxy) is 3. The summed E-state index contributed by atoms with van der Waals surface area (Å²) in [5.74, 6) is -0.478. The topological polar surface area (TPSA) is 61.8 Å². The van der Waals surface area contributed by atoms with Gasteiger partial charge in [-0.25, -0.2) is 0 Å². The summed E-state index contributed by atoms with van der Waals surface area (Å²) >= 11 is 0. The number of rotatable bonds is 56. The minimum Gasteiger partial charge on any atom is -0.462 e. The van der Waals surface area contributed by atoms with Gasteiger partial charge in [0.25, 0.3) is 0 Å². The molecule has 0 bridgehead atoms. The Morgan fingerprint density at radius 3 is 1.00 bits per heavy atom. The first-order valence-electron chi connectivity index (χ1n) is 30.5. The van der Waals surface area contributed by atoms with Gasteiger partial charge in [0.05, 0.1) is 6.61 Å². The van der Waals surface area contributed by atoms with Crippen molar-refractivity contribution in [3.8, 4) is 0 Å². The number of carbonyl (C=O) groups excluding carboxylic acids is 2. The molecule has 1 atom stereocenters. The number of carbonyl (C=O) groups is 2. The molecule has 0 radical (unpaired) electrons. The van der Waals surface area contributed by atoms with E-state index >= 15 is 0 Å². The van der Waals surface area contributed by atoms with E-state index in [4.69, 9.17) is 14.2 Å². The Morgan fingerprint density at radius 2 is 0.643 bits per heavy atom. The third kappa shape index (κ3) is 57.9. The SMILES string of the molecule is CC/C=C\C/C=C\C/C=C\C/C=C\C/C=C\C/C=C\CCC(=O)O[C@H](COCCCCCCCCCCCCCCCCCC)COC(=O)CCCCCCCCCCCCCCCCCCCCC. The van der Waals surface area contributed by atoms with E-state index in [0.717, 1.165) is 64.2 Å². The van der Waals surface area contributed by atoms with Gasteiger partial charge in [-0.1, -0.05) is 306 Å². The van der Waals surface area contributed by atoms with E-state index in [1.54, 1.807) is 0 Å². The molecule has 0 saturated heterocycles. The fraction of sp³-hybridized carbons (Fsp3) is 0.785. The van der Waals surface area contributed by atoms with E-state index in [0.29, 0.717) is 25.9 Å². The summed E-state index contributed by atoms with van der Waals surface area (Å²) < 4.78 is 17.4. The Morgan fingerprint density at radius 1 is 0.329 bits per heavy atom. The van der Waals surface area contributed by atoms with Crippen LogP contribution in [-0.4, -0.2) is 37.9 Å². The molecule has 0 aromatic rings. The summed E-state index contributed by atoms with van der Waals surface area (Å²) in [7, 11) is 0. The molecule has 0 amide bonds. The lowest BCUT2D eigenvalue weighted by atomic mass is 10.0. The van der Waals surface area contributed by atoms with Crippen molar-refractivity contribution < 1.29 is 23.8 Å². The highest BCUT2D eigenvalue weighted by atomic mass is 16.6. The molecule has 0 aliphatic heterocycles. The van der Waals surface area contributed by atoms with E-state index in [-0.39, 0.29) is 25.2 Å². The van der Waals surface area contributed by atoms with Crippen molar-refractivity contribution in [3.05, 3.63) is 72.9 Å². The van der Waals surface area contributed by atoms with E-state index in [1.165, 1.54) is 199 Å². The molecular formula is C65H116O5. The number of hydrogen-bond donors (Lipinski definition) is 0. The van der Waals surface area contributed by atoms with Crippen LogP contribution >= 0.6 is 0 Å². The molecule has 0 unspecified atom stereocenters. The van der Waals surface area contributed by atoms with Gasteiger partial charge >= 0.3 is 11.9 Å². The Balaban J connectivity index is 4.34. The van der Waals surface area contributed by atoms with E-state index in [9.17, 15) is 9.59 Å². The van der Waals surface area contributed by atoms with Crippen LogP contribution in [0.2, 0.25) is 0 Å². The molecule has 0 spiro atoms. The molecule has 0 aliphatic carbocycles. The van der Waals surface area contributed by atoms with Crippen LogP contribution < -0.4 is 0 Å². The van der Waals surface area contributed by atoms with Crippen LogP contribution in [0, 0.1) is 0 Å². The minimum absolute atomic E-state index is 0.0581. The molecule has 0 N–H and O–H groups in total. The maximum atomic E-state index is 12.8. The van der Waals surface area contributed by atoms with Crippen LogP contribution in [0.15, 0.2) is 72.9 Å². The molecular weight excluding hydrogens is 861 g/mol.